The molecular formula is C16H19N3O4S. The lowest BCUT2D eigenvalue weighted by Crippen LogP contribution is -2.23. The molecule has 1 heterocycles. The largest absolute Gasteiger partial charge is 0.464 e. The second kappa shape index (κ2) is 7.39. The smallest absolute Gasteiger partial charge is 0.355 e. The Morgan fingerprint density at radius 1 is 1.46 bits per heavy atom. The summed E-state index contributed by atoms with van der Waals surface area (Å²) in [6, 6.07) is 4.53. The third-order valence-electron chi connectivity index (χ3n) is 3.35. The predicted octanol–water partition coefficient (Wildman–Crippen LogP) is 3.44. The number of nitrogens with zero attached hydrogens (tertiary/aromatic N) is 3. The van der Waals surface area contributed by atoms with E-state index in [0.29, 0.717) is 34.2 Å². The van der Waals surface area contributed by atoms with E-state index in [2.05, 4.69) is 4.99 Å². The molecule has 0 saturated carbocycles. The number of carbonyl (C=O) groups is 1. The molecule has 0 bridgehead atoms. The fourth-order valence-electron chi connectivity index (χ4n) is 2.21. The second-order valence-electron chi connectivity index (χ2n) is 5.74. The molecule has 2 aromatic rings. The molecule has 1 aromatic carbocycles. The maximum atomic E-state index is 11.9. The van der Waals surface area contributed by atoms with Gasteiger partial charge in [-0.25, -0.2) is 9.79 Å². The van der Waals surface area contributed by atoms with E-state index >= 15 is 0 Å². The highest BCUT2D eigenvalue weighted by atomic mass is 32.1. The van der Waals surface area contributed by atoms with E-state index < -0.39 is 10.9 Å². The molecule has 0 atom stereocenters. The third-order valence-corrected chi connectivity index (χ3v) is 4.21. The van der Waals surface area contributed by atoms with Crippen LogP contribution in [0.4, 0.5) is 11.4 Å². The van der Waals surface area contributed by atoms with Gasteiger partial charge in [-0.15, -0.1) is 11.3 Å². The maximum Gasteiger partial charge on any atom is 0.355 e. The lowest BCUT2D eigenvalue weighted by molar-refractivity contribution is -0.384. The van der Waals surface area contributed by atoms with Gasteiger partial charge in [-0.2, -0.15) is 0 Å². The number of aryl methyl sites for hydroxylation is 1. The van der Waals surface area contributed by atoms with Crippen LogP contribution in [0.15, 0.2) is 28.6 Å². The van der Waals surface area contributed by atoms with Crippen LogP contribution in [0, 0.1) is 23.0 Å². The van der Waals surface area contributed by atoms with E-state index in [1.54, 1.807) is 18.4 Å². The Balaban J connectivity index is 2.55. The number of benzene rings is 1. The minimum Gasteiger partial charge on any atom is -0.464 e. The van der Waals surface area contributed by atoms with Crippen molar-refractivity contribution in [2.45, 2.75) is 27.3 Å². The van der Waals surface area contributed by atoms with Crippen molar-refractivity contribution < 1.29 is 14.5 Å². The fraction of sp³-hybridized carbons (Fsp3) is 0.375. The normalized spacial score (nSPS) is 11.8. The zero-order valence-corrected chi connectivity index (χ0v) is 14.8. The van der Waals surface area contributed by atoms with Crippen LogP contribution in [-0.4, -0.2) is 22.6 Å². The third kappa shape index (κ3) is 3.88. The van der Waals surface area contributed by atoms with Crippen molar-refractivity contribution in [3.63, 3.8) is 0 Å². The highest BCUT2D eigenvalue weighted by molar-refractivity contribution is 7.07. The predicted molar refractivity (Wildman–Crippen MR) is 91.5 cm³/mol. The van der Waals surface area contributed by atoms with Crippen molar-refractivity contribution >= 4 is 28.7 Å². The first-order valence-corrected chi connectivity index (χ1v) is 8.28. The molecule has 0 saturated heterocycles. The van der Waals surface area contributed by atoms with Gasteiger partial charge in [0, 0.05) is 24.1 Å². The molecule has 128 valence electrons. The highest BCUT2D eigenvalue weighted by Crippen LogP contribution is 2.23. The Morgan fingerprint density at radius 2 is 2.17 bits per heavy atom. The summed E-state index contributed by atoms with van der Waals surface area (Å²) in [7, 11) is 1.34. The molecular weight excluding hydrogens is 330 g/mol. The molecule has 0 fully saturated rings. The van der Waals surface area contributed by atoms with Gasteiger partial charge in [-0.05, 0) is 24.5 Å². The van der Waals surface area contributed by atoms with Gasteiger partial charge in [-0.3, -0.25) is 10.1 Å². The maximum absolute atomic E-state index is 11.9. The van der Waals surface area contributed by atoms with Crippen molar-refractivity contribution in [2.75, 3.05) is 7.11 Å². The molecule has 0 spiro atoms. The average molecular weight is 349 g/mol. The first kappa shape index (κ1) is 17.9. The van der Waals surface area contributed by atoms with Crippen LogP contribution in [0.25, 0.3) is 0 Å². The number of nitro groups is 1. The van der Waals surface area contributed by atoms with Crippen molar-refractivity contribution in [2.24, 2.45) is 10.9 Å². The molecule has 0 radical (unpaired) electrons. The van der Waals surface area contributed by atoms with E-state index in [1.807, 2.05) is 18.4 Å². The Kier molecular flexibility index (Phi) is 5.50. The van der Waals surface area contributed by atoms with Crippen LogP contribution >= 0.6 is 11.3 Å². The Hall–Kier alpha value is -2.48. The number of esters is 1. The molecule has 0 N–H and O–H groups in total. The van der Waals surface area contributed by atoms with Crippen LogP contribution in [0.5, 0.6) is 0 Å². The van der Waals surface area contributed by atoms with Gasteiger partial charge in [0.25, 0.3) is 5.69 Å². The molecule has 0 aliphatic heterocycles. The summed E-state index contributed by atoms with van der Waals surface area (Å²) < 4.78 is 6.64. The van der Waals surface area contributed by atoms with E-state index in [4.69, 9.17) is 4.74 Å². The van der Waals surface area contributed by atoms with Gasteiger partial charge < -0.3 is 9.30 Å². The molecule has 7 nitrogen and oxygen atoms in total. The summed E-state index contributed by atoms with van der Waals surface area (Å²) >= 11 is 1.34. The minimum absolute atomic E-state index is 0.0305. The summed E-state index contributed by atoms with van der Waals surface area (Å²) in [5, 5.41) is 12.5. The van der Waals surface area contributed by atoms with E-state index in [1.165, 1.54) is 30.6 Å². The number of non-ortho nitro benzene ring substituents is 1. The Morgan fingerprint density at radius 3 is 2.71 bits per heavy atom. The van der Waals surface area contributed by atoms with Crippen molar-refractivity contribution in [3.05, 3.63) is 49.8 Å². The van der Waals surface area contributed by atoms with Gasteiger partial charge in [-0.1, -0.05) is 13.8 Å². The summed E-state index contributed by atoms with van der Waals surface area (Å²) in [5.41, 5.74) is 1.82. The number of methoxy groups -OCH3 is 1. The molecule has 1 aromatic heterocycles. The molecule has 0 aliphatic carbocycles. The standard InChI is InChI=1S/C16H19N3O4S/c1-10(2)8-18-14(15(20)23-4)9-24-16(18)17-13-6-5-12(19(21)22)7-11(13)3/h5-7,9-10H,8H2,1-4H3. The van der Waals surface area contributed by atoms with Crippen LogP contribution in [0.2, 0.25) is 0 Å². The average Bonchev–Trinajstić information content (AvgIpc) is 2.90. The number of ether oxygens (including phenoxy) is 1. The summed E-state index contributed by atoms with van der Waals surface area (Å²) in [6.45, 7) is 6.49. The molecule has 0 unspecified atom stereocenters. The van der Waals surface area contributed by atoms with Crippen molar-refractivity contribution in [3.8, 4) is 0 Å². The number of hydrogen-bond donors (Lipinski definition) is 0. The zero-order chi connectivity index (χ0) is 17.9. The molecule has 24 heavy (non-hydrogen) atoms. The van der Waals surface area contributed by atoms with Crippen molar-refractivity contribution in [1.82, 2.24) is 4.57 Å². The topological polar surface area (TPSA) is 86.7 Å². The quantitative estimate of drug-likeness (QED) is 0.470. The second-order valence-corrected chi connectivity index (χ2v) is 6.58. The van der Waals surface area contributed by atoms with E-state index in [9.17, 15) is 14.9 Å². The van der Waals surface area contributed by atoms with E-state index in [0.717, 1.165) is 0 Å². The number of rotatable bonds is 5. The number of aromatic nitrogens is 1. The van der Waals surface area contributed by atoms with Gasteiger partial charge in [0.15, 0.2) is 4.80 Å². The number of hydrogen-bond acceptors (Lipinski definition) is 6. The van der Waals surface area contributed by atoms with Crippen LogP contribution < -0.4 is 4.80 Å². The molecule has 2 rings (SSSR count). The lowest BCUT2D eigenvalue weighted by Gasteiger charge is -2.10. The molecule has 0 aliphatic rings. The Labute approximate surface area is 143 Å². The lowest BCUT2D eigenvalue weighted by atomic mass is 10.2. The minimum atomic E-state index is -0.434. The first-order chi connectivity index (χ1) is 11.3. The van der Waals surface area contributed by atoms with E-state index in [-0.39, 0.29) is 5.69 Å². The molecule has 0 amide bonds. The number of thiazole rings is 1. The van der Waals surface area contributed by atoms with Crippen LogP contribution in [0.3, 0.4) is 0 Å². The van der Waals surface area contributed by atoms with Crippen LogP contribution in [0.1, 0.15) is 29.9 Å². The summed E-state index contributed by atoms with van der Waals surface area (Å²) in [6.07, 6.45) is 0. The van der Waals surface area contributed by atoms with Gasteiger partial charge in [0.1, 0.15) is 5.69 Å². The fourth-order valence-corrected chi connectivity index (χ4v) is 3.10. The summed E-state index contributed by atoms with van der Waals surface area (Å²) in [4.78, 5) is 27.5. The SMILES string of the molecule is COC(=O)c1csc(=Nc2ccc([N+](=O)[O-])cc2C)n1CC(C)C. The van der Waals surface area contributed by atoms with Gasteiger partial charge in [0.05, 0.1) is 17.7 Å². The van der Waals surface area contributed by atoms with Gasteiger partial charge in [0.2, 0.25) is 0 Å². The van der Waals surface area contributed by atoms with Crippen molar-refractivity contribution in [1.29, 1.82) is 0 Å². The highest BCUT2D eigenvalue weighted by Gasteiger charge is 2.15. The monoisotopic (exact) mass is 349 g/mol. The Bertz CT molecular complexity index is 836. The molecule has 8 heteroatoms. The van der Waals surface area contributed by atoms with Gasteiger partial charge >= 0.3 is 5.97 Å². The zero-order valence-electron chi connectivity index (χ0n) is 14.0. The number of carbonyl (C=O) groups excluding carboxylic acids is 1. The summed E-state index contributed by atoms with van der Waals surface area (Å²) in [5.74, 6) is -0.0892. The first-order valence-electron chi connectivity index (χ1n) is 7.40. The van der Waals surface area contributed by atoms with Crippen LogP contribution in [-0.2, 0) is 11.3 Å². The number of nitro benzene ring substituents is 1.